The zero-order valence-electron chi connectivity index (χ0n) is 17.1. The molecule has 0 unspecified atom stereocenters. The number of carbonyl (C=O) groups excluding carboxylic acids is 1. The number of carbonyl (C=O) groups is 1. The van der Waals surface area contributed by atoms with Crippen molar-refractivity contribution in [1.29, 1.82) is 0 Å². The highest BCUT2D eigenvalue weighted by Gasteiger charge is 2.44. The van der Waals surface area contributed by atoms with E-state index in [4.69, 9.17) is 18.5 Å². The molecule has 0 spiro atoms. The Morgan fingerprint density at radius 3 is 2.50 bits per heavy atom. The van der Waals surface area contributed by atoms with Gasteiger partial charge in [-0.15, -0.1) is 0 Å². The van der Waals surface area contributed by atoms with E-state index in [1.54, 1.807) is 20.8 Å². The van der Waals surface area contributed by atoms with Gasteiger partial charge in [0.15, 0.2) is 6.23 Å². The highest BCUT2D eigenvalue weighted by Crippen LogP contribution is 2.48. The van der Waals surface area contributed by atoms with Crippen LogP contribution in [-0.2, 0) is 27.9 Å². The maximum Gasteiger partial charge on any atom is 0.356 e. The van der Waals surface area contributed by atoms with Crippen molar-refractivity contribution in [1.82, 2.24) is 9.55 Å². The van der Waals surface area contributed by atoms with Crippen molar-refractivity contribution in [3.63, 3.8) is 0 Å². The van der Waals surface area contributed by atoms with Gasteiger partial charge in [0, 0.05) is 12.6 Å². The van der Waals surface area contributed by atoms with Crippen molar-refractivity contribution in [2.24, 2.45) is 0 Å². The summed E-state index contributed by atoms with van der Waals surface area (Å²) in [4.78, 5) is 27.4. The first kappa shape index (κ1) is 24.6. The van der Waals surface area contributed by atoms with Gasteiger partial charge in [-0.3, -0.25) is 13.9 Å². The molecule has 1 amide bonds. The predicted molar refractivity (Wildman–Crippen MR) is 105 cm³/mol. The van der Waals surface area contributed by atoms with Gasteiger partial charge in [0.25, 0.3) is 0 Å². The molecular weight excluding hydrogens is 421 g/mol. The molecule has 4 atom stereocenters. The second-order valence-electron chi connectivity index (χ2n) is 6.40. The summed E-state index contributed by atoms with van der Waals surface area (Å²) in [6.45, 7) is 5.13. The van der Waals surface area contributed by atoms with Gasteiger partial charge in [0.05, 0.1) is 19.8 Å². The molecular formula is C17H28N3O9P. The van der Waals surface area contributed by atoms with Gasteiger partial charge in [0.1, 0.15) is 30.5 Å². The first-order chi connectivity index (χ1) is 14.2. The third-order valence-electron chi connectivity index (χ3n) is 4.21. The van der Waals surface area contributed by atoms with Crippen LogP contribution < -0.4 is 11.0 Å². The van der Waals surface area contributed by atoms with E-state index in [-0.39, 0.29) is 44.3 Å². The number of ether oxygens (including phenoxy) is 2. The molecule has 1 saturated heterocycles. The summed E-state index contributed by atoms with van der Waals surface area (Å²) < 4.78 is 34.5. The van der Waals surface area contributed by atoms with E-state index in [1.807, 2.05) is 0 Å². The van der Waals surface area contributed by atoms with E-state index in [0.29, 0.717) is 0 Å². The number of nitrogens with one attached hydrogen (secondary N) is 1. The van der Waals surface area contributed by atoms with Crippen LogP contribution in [0.2, 0.25) is 0 Å². The minimum absolute atomic E-state index is 0.0682. The quantitative estimate of drug-likeness (QED) is 0.405. The van der Waals surface area contributed by atoms with E-state index in [1.165, 1.54) is 12.3 Å². The van der Waals surface area contributed by atoms with Crippen LogP contribution in [0.1, 0.15) is 33.4 Å². The Hall–Kier alpha value is -1.66. The summed E-state index contributed by atoms with van der Waals surface area (Å²) in [7, 11) is -3.43. The maximum atomic E-state index is 12.4. The van der Waals surface area contributed by atoms with Gasteiger partial charge in [-0.25, -0.2) is 4.79 Å². The van der Waals surface area contributed by atoms with Gasteiger partial charge >= 0.3 is 13.3 Å². The van der Waals surface area contributed by atoms with Gasteiger partial charge in [-0.1, -0.05) is 6.92 Å². The van der Waals surface area contributed by atoms with Crippen molar-refractivity contribution in [3.8, 4) is 0 Å². The molecule has 13 heteroatoms. The Morgan fingerprint density at radius 2 is 1.93 bits per heavy atom. The predicted octanol–water partition coefficient (Wildman–Crippen LogP) is 0.451. The van der Waals surface area contributed by atoms with E-state index < -0.39 is 37.8 Å². The van der Waals surface area contributed by atoms with Crippen molar-refractivity contribution in [3.05, 3.63) is 22.7 Å². The lowest BCUT2D eigenvalue weighted by Gasteiger charge is -2.19. The molecule has 2 heterocycles. The zero-order valence-corrected chi connectivity index (χ0v) is 18.0. The molecule has 1 aromatic rings. The lowest BCUT2D eigenvalue weighted by Crippen LogP contribution is -2.36. The average Bonchev–Trinajstić information content (AvgIpc) is 2.97. The van der Waals surface area contributed by atoms with Gasteiger partial charge in [0.2, 0.25) is 5.91 Å². The number of nitrogens with zero attached hydrogens (tertiary/aromatic N) is 2. The molecule has 0 saturated carbocycles. The van der Waals surface area contributed by atoms with Crippen molar-refractivity contribution in [2.75, 3.05) is 31.5 Å². The van der Waals surface area contributed by atoms with Crippen LogP contribution in [-0.4, -0.2) is 70.2 Å². The molecule has 1 fully saturated rings. The molecule has 2 rings (SSSR count). The van der Waals surface area contributed by atoms with Crippen LogP contribution in [0, 0.1) is 0 Å². The van der Waals surface area contributed by atoms with Crippen LogP contribution in [0.15, 0.2) is 17.1 Å². The van der Waals surface area contributed by atoms with E-state index >= 15 is 0 Å². The van der Waals surface area contributed by atoms with Crippen LogP contribution in [0.4, 0.5) is 5.82 Å². The number of amides is 1. The van der Waals surface area contributed by atoms with E-state index in [9.17, 15) is 24.4 Å². The standard InChI is InChI=1S/C17H28N3O9P/c1-4-13(21)18-12-7-8-20(17(24)19-12)16-15(23)14(22)11(29-16)9-26-10-30(25,27-5-2)28-6-3/h7-8,11,14-16,22-23H,4-6,9-10H2,1-3H3,(H,18,19,21,24)/t11-,14-,15+,16-/m1/s1. The molecule has 0 radical (unpaired) electrons. The highest BCUT2D eigenvalue weighted by atomic mass is 31.2. The number of hydrogen-bond acceptors (Lipinski definition) is 10. The molecule has 0 bridgehead atoms. The fourth-order valence-corrected chi connectivity index (χ4v) is 4.13. The van der Waals surface area contributed by atoms with Gasteiger partial charge in [-0.2, -0.15) is 4.98 Å². The lowest BCUT2D eigenvalue weighted by molar-refractivity contribution is -0.115. The van der Waals surface area contributed by atoms with Crippen LogP contribution >= 0.6 is 7.60 Å². The number of aromatic nitrogens is 2. The summed E-state index contributed by atoms with van der Waals surface area (Å²) >= 11 is 0. The van der Waals surface area contributed by atoms with Crippen molar-refractivity contribution < 1.29 is 38.1 Å². The number of rotatable bonds is 11. The fraction of sp³-hybridized carbons (Fsp3) is 0.706. The van der Waals surface area contributed by atoms with Crippen LogP contribution in [0.5, 0.6) is 0 Å². The topological polar surface area (TPSA) is 158 Å². The molecule has 1 aromatic heterocycles. The third kappa shape index (κ3) is 6.17. The summed E-state index contributed by atoms with van der Waals surface area (Å²) in [6, 6.07) is 1.38. The molecule has 3 N–H and O–H groups in total. The Labute approximate surface area is 173 Å². The Morgan fingerprint density at radius 1 is 1.27 bits per heavy atom. The molecule has 1 aliphatic heterocycles. The van der Waals surface area contributed by atoms with Crippen molar-refractivity contribution in [2.45, 2.75) is 51.7 Å². The summed E-state index contributed by atoms with van der Waals surface area (Å²) in [5, 5.41) is 23.0. The van der Waals surface area contributed by atoms with Crippen molar-refractivity contribution >= 4 is 19.3 Å². The van der Waals surface area contributed by atoms with Crippen LogP contribution in [0.25, 0.3) is 0 Å². The molecule has 30 heavy (non-hydrogen) atoms. The molecule has 170 valence electrons. The molecule has 12 nitrogen and oxygen atoms in total. The largest absolute Gasteiger partial charge is 0.387 e. The maximum absolute atomic E-state index is 12.4. The van der Waals surface area contributed by atoms with E-state index in [2.05, 4.69) is 10.3 Å². The second kappa shape index (κ2) is 11.1. The molecule has 0 aromatic carbocycles. The second-order valence-corrected chi connectivity index (χ2v) is 8.39. The number of anilines is 1. The third-order valence-corrected chi connectivity index (χ3v) is 6.02. The first-order valence-electron chi connectivity index (χ1n) is 9.61. The van der Waals surface area contributed by atoms with Gasteiger partial charge < -0.3 is 34.1 Å². The van der Waals surface area contributed by atoms with Gasteiger partial charge in [-0.05, 0) is 19.9 Å². The SMILES string of the molecule is CCOP(=O)(COC[C@H]1O[C@@H](n2ccc(NC(=O)CC)nc2=O)[C@@H](O)[C@@H]1O)OCC. The monoisotopic (exact) mass is 449 g/mol. The zero-order chi connectivity index (χ0) is 22.3. The summed E-state index contributed by atoms with van der Waals surface area (Å²) in [5.41, 5.74) is -0.779. The first-order valence-corrected chi connectivity index (χ1v) is 11.3. The lowest BCUT2D eigenvalue weighted by atomic mass is 10.1. The normalized spacial score (nSPS) is 24.2. The smallest absolute Gasteiger partial charge is 0.356 e. The number of aliphatic hydroxyl groups is 2. The van der Waals surface area contributed by atoms with E-state index in [0.717, 1.165) is 4.57 Å². The Balaban J connectivity index is 2.02. The fourth-order valence-electron chi connectivity index (χ4n) is 2.79. The number of hydrogen-bond donors (Lipinski definition) is 3. The summed E-state index contributed by atoms with van der Waals surface area (Å²) in [5.74, 6) is -0.237. The summed E-state index contributed by atoms with van der Waals surface area (Å²) in [6.07, 6.45) is -3.83. The molecule has 1 aliphatic rings. The minimum Gasteiger partial charge on any atom is -0.387 e. The average molecular weight is 449 g/mol. The Bertz CT molecular complexity index is 808. The number of aliphatic hydroxyl groups excluding tert-OH is 2. The minimum atomic E-state index is -3.43. The Kier molecular flexibility index (Phi) is 9.10. The highest BCUT2D eigenvalue weighted by molar-refractivity contribution is 7.53. The molecule has 0 aliphatic carbocycles. The van der Waals surface area contributed by atoms with Crippen LogP contribution in [0.3, 0.4) is 0 Å².